The first-order chi connectivity index (χ1) is 41.2. The number of unbranched alkanes of at least 4 members (excludes halogenated alkanes) is 22. The van der Waals surface area contributed by atoms with Crippen molar-refractivity contribution in [3.8, 4) is 0 Å². The molecule has 0 radical (unpaired) electrons. The van der Waals surface area contributed by atoms with E-state index in [-0.39, 0.29) is 19.3 Å². The number of esters is 3. The summed E-state index contributed by atoms with van der Waals surface area (Å²) in [5.41, 5.74) is 0. The van der Waals surface area contributed by atoms with E-state index in [1.165, 1.54) is 38.5 Å². The van der Waals surface area contributed by atoms with Gasteiger partial charge >= 0.3 is 33.6 Å². The van der Waals surface area contributed by atoms with Crippen LogP contribution in [-0.4, -0.2) is 95.9 Å². The van der Waals surface area contributed by atoms with Crippen molar-refractivity contribution in [1.82, 2.24) is 0 Å². The molecule has 0 amide bonds. The minimum Gasteiger partial charge on any atom is -0.463 e. The van der Waals surface area contributed by atoms with Gasteiger partial charge in [-0.1, -0.05) is 208 Å². The molecular formula is C67H116O16P2. The van der Waals surface area contributed by atoms with Gasteiger partial charge in [0.05, 0.1) is 26.4 Å². The molecule has 18 heteroatoms. The number of hydrogen-bond acceptors (Lipinski definition) is 14. The van der Waals surface area contributed by atoms with Crippen molar-refractivity contribution in [2.45, 2.75) is 270 Å². The Morgan fingerprint density at radius 3 is 0.988 bits per heavy atom. The number of ether oxygens (including phenoxy) is 3. The third kappa shape index (κ3) is 61.9. The molecule has 0 rings (SSSR count). The monoisotopic (exact) mass is 1240 g/mol. The third-order valence-corrected chi connectivity index (χ3v) is 15.2. The number of aliphatic hydroxyl groups is 2. The van der Waals surface area contributed by atoms with E-state index < -0.39 is 91.5 Å². The molecule has 0 aromatic rings. The minimum absolute atomic E-state index is 0.0844. The van der Waals surface area contributed by atoms with E-state index in [4.69, 9.17) is 32.3 Å². The molecule has 16 nitrogen and oxygen atoms in total. The van der Waals surface area contributed by atoms with Crippen LogP contribution in [0.2, 0.25) is 0 Å². The molecule has 0 spiro atoms. The second-order valence-electron chi connectivity index (χ2n) is 21.5. The van der Waals surface area contributed by atoms with Crippen molar-refractivity contribution < 1.29 is 75.8 Å². The summed E-state index contributed by atoms with van der Waals surface area (Å²) in [4.78, 5) is 58.3. The smallest absolute Gasteiger partial charge is 0.463 e. The van der Waals surface area contributed by atoms with Gasteiger partial charge in [0.2, 0.25) is 0 Å². The fourth-order valence-electron chi connectivity index (χ4n) is 8.27. The van der Waals surface area contributed by atoms with Gasteiger partial charge in [-0.3, -0.25) is 32.5 Å². The normalized spacial score (nSPS) is 15.0. The van der Waals surface area contributed by atoms with Crippen LogP contribution >= 0.6 is 15.6 Å². The lowest BCUT2D eigenvalue weighted by atomic mass is 10.1. The Morgan fingerprint density at radius 1 is 0.341 bits per heavy atom. The molecule has 4 N–H and O–H groups in total. The molecule has 85 heavy (non-hydrogen) atoms. The van der Waals surface area contributed by atoms with Gasteiger partial charge in [-0.25, -0.2) is 9.13 Å². The fourth-order valence-corrected chi connectivity index (χ4v) is 9.85. The molecular weight excluding hydrogens is 1120 g/mol. The number of phosphoric acid groups is 2. The molecule has 0 fully saturated rings. The van der Waals surface area contributed by atoms with E-state index in [0.29, 0.717) is 19.3 Å². The molecule has 0 bridgehead atoms. The number of aliphatic hydroxyl groups excluding tert-OH is 2. The van der Waals surface area contributed by atoms with E-state index >= 15 is 0 Å². The highest BCUT2D eigenvalue weighted by Gasteiger charge is 2.29. The van der Waals surface area contributed by atoms with Gasteiger partial charge in [0, 0.05) is 19.3 Å². The van der Waals surface area contributed by atoms with Crippen LogP contribution in [0.5, 0.6) is 0 Å². The minimum atomic E-state index is -4.93. The van der Waals surface area contributed by atoms with Crippen molar-refractivity contribution >= 4 is 33.6 Å². The Morgan fingerprint density at radius 2 is 0.624 bits per heavy atom. The van der Waals surface area contributed by atoms with Crippen LogP contribution in [-0.2, 0) is 55.8 Å². The summed E-state index contributed by atoms with van der Waals surface area (Å²) < 4.78 is 60.7. The van der Waals surface area contributed by atoms with E-state index in [1.54, 1.807) is 0 Å². The average molecular weight is 1240 g/mol. The summed E-state index contributed by atoms with van der Waals surface area (Å²) in [5, 5.41) is 20.5. The van der Waals surface area contributed by atoms with Gasteiger partial charge in [0.1, 0.15) is 25.4 Å². The maximum atomic E-state index is 12.9. The highest BCUT2D eigenvalue weighted by Crippen LogP contribution is 2.45. The summed E-state index contributed by atoms with van der Waals surface area (Å²) in [5.74, 6) is -1.62. The van der Waals surface area contributed by atoms with Crippen LogP contribution in [0.25, 0.3) is 0 Å². The van der Waals surface area contributed by atoms with E-state index in [9.17, 15) is 43.5 Å². The third-order valence-electron chi connectivity index (χ3n) is 13.3. The Hall–Kier alpha value is -3.53. The Kier molecular flexibility index (Phi) is 58.2. The van der Waals surface area contributed by atoms with Crippen molar-refractivity contribution in [2.75, 3.05) is 39.6 Å². The molecule has 0 aliphatic rings. The molecule has 0 heterocycles. The molecule has 5 unspecified atom stereocenters. The lowest BCUT2D eigenvalue weighted by Crippen LogP contribution is -2.30. The maximum Gasteiger partial charge on any atom is 0.472 e. The second kappa shape index (κ2) is 60.7. The molecule has 0 aromatic heterocycles. The predicted octanol–water partition coefficient (Wildman–Crippen LogP) is 17.5. The second-order valence-corrected chi connectivity index (χ2v) is 24.4. The number of carbonyl (C=O) groups excluding carboxylic acids is 3. The first-order valence-electron chi connectivity index (χ1n) is 32.5. The number of carbonyl (C=O) groups is 3. The van der Waals surface area contributed by atoms with Crippen molar-refractivity contribution in [3.63, 3.8) is 0 Å². The molecule has 0 aliphatic heterocycles. The standard InChI is InChI=1S/C67H116O16P2/c1-4-7-10-13-16-19-22-25-28-29-30-31-34-36-38-41-44-47-50-53-65(70)77-56-62(68)57-79-84(73,74)80-58-63(69)59-81-85(75,76)82-61-64(83-67(72)55-52-49-46-43-40-37-33-27-24-21-18-15-12-9-6-3)60-78-66(71)54-51-48-45-42-39-35-32-26-23-20-17-14-11-8-5-2/h7,10,16-21,25-28,30-33,62-64,68-69H,4-6,8-9,11-15,22-24,29,34-61H2,1-3H3,(H,73,74)(H,75,76)/b10-7-,19-16-,20-17-,21-18-,28-25-,31-30-,32-26-,33-27-. The van der Waals surface area contributed by atoms with Crippen molar-refractivity contribution in [1.29, 1.82) is 0 Å². The van der Waals surface area contributed by atoms with E-state index in [1.807, 2.05) is 0 Å². The number of phosphoric ester groups is 2. The van der Waals surface area contributed by atoms with Gasteiger partial charge in [0.25, 0.3) is 0 Å². The Bertz CT molecular complexity index is 1940. The molecule has 490 valence electrons. The zero-order valence-electron chi connectivity index (χ0n) is 52.8. The van der Waals surface area contributed by atoms with Crippen LogP contribution in [0.15, 0.2) is 97.2 Å². The summed E-state index contributed by atoms with van der Waals surface area (Å²) in [6.45, 7) is 2.44. The topological polar surface area (TPSA) is 231 Å². The molecule has 0 saturated heterocycles. The van der Waals surface area contributed by atoms with Crippen LogP contribution < -0.4 is 0 Å². The van der Waals surface area contributed by atoms with Gasteiger partial charge in [-0.05, 0) is 122 Å². The zero-order chi connectivity index (χ0) is 62.4. The van der Waals surface area contributed by atoms with Crippen LogP contribution in [0.1, 0.15) is 252 Å². The average Bonchev–Trinajstić information content (AvgIpc) is 3.52. The van der Waals surface area contributed by atoms with Gasteiger partial charge < -0.3 is 34.2 Å². The van der Waals surface area contributed by atoms with Crippen molar-refractivity contribution in [2.24, 2.45) is 0 Å². The lowest BCUT2D eigenvalue weighted by Gasteiger charge is -2.21. The van der Waals surface area contributed by atoms with Crippen molar-refractivity contribution in [3.05, 3.63) is 97.2 Å². The maximum absolute atomic E-state index is 12.9. The fraction of sp³-hybridized carbons (Fsp3) is 0.716. The van der Waals surface area contributed by atoms with Crippen LogP contribution in [0.4, 0.5) is 0 Å². The summed E-state index contributed by atoms with van der Waals surface area (Å²) in [7, 11) is -9.78. The number of allylic oxidation sites excluding steroid dienone is 16. The molecule has 0 aliphatic carbocycles. The summed E-state index contributed by atoms with van der Waals surface area (Å²) in [6, 6.07) is 0. The van der Waals surface area contributed by atoms with Gasteiger partial charge in [-0.2, -0.15) is 0 Å². The number of hydrogen-bond donors (Lipinski definition) is 4. The van der Waals surface area contributed by atoms with Crippen LogP contribution in [0.3, 0.4) is 0 Å². The Labute approximate surface area is 514 Å². The van der Waals surface area contributed by atoms with Gasteiger partial charge in [-0.15, -0.1) is 0 Å². The first-order valence-corrected chi connectivity index (χ1v) is 35.5. The largest absolute Gasteiger partial charge is 0.472 e. The van der Waals surface area contributed by atoms with E-state index in [2.05, 4.69) is 118 Å². The quantitative estimate of drug-likeness (QED) is 0.0146. The molecule has 0 aromatic carbocycles. The van der Waals surface area contributed by atoms with Crippen LogP contribution in [0, 0.1) is 0 Å². The highest BCUT2D eigenvalue weighted by atomic mass is 31.2. The first kappa shape index (κ1) is 81.5. The summed E-state index contributed by atoms with van der Waals surface area (Å²) in [6.07, 6.45) is 64.6. The van der Waals surface area contributed by atoms with Gasteiger partial charge in [0.15, 0.2) is 6.10 Å². The SMILES string of the molecule is CC/C=C\C/C=C\C/C=C\C/C=C\CCCCCCCCC(=O)OCC(O)COP(=O)(O)OCC(O)COP(=O)(O)OCC(COC(=O)CCCCCCC/C=C\C/C=C\CCCCC)OC(=O)CCCCCCC/C=C\C/C=C\CCCCC. The molecule has 5 atom stereocenters. The summed E-state index contributed by atoms with van der Waals surface area (Å²) >= 11 is 0. The lowest BCUT2D eigenvalue weighted by molar-refractivity contribution is -0.161. The zero-order valence-corrected chi connectivity index (χ0v) is 54.5. The molecule has 0 saturated carbocycles. The number of rotatable bonds is 61. The Balaban J connectivity index is 4.70. The highest BCUT2D eigenvalue weighted by molar-refractivity contribution is 7.47. The predicted molar refractivity (Wildman–Crippen MR) is 344 cm³/mol. The van der Waals surface area contributed by atoms with E-state index in [0.717, 1.165) is 154 Å².